The first kappa shape index (κ1) is 18.7. The van der Waals surface area contributed by atoms with Crippen molar-refractivity contribution >= 4 is 39.9 Å². The van der Waals surface area contributed by atoms with Gasteiger partial charge in [-0.25, -0.2) is 0 Å². The lowest BCUT2D eigenvalue weighted by atomic mass is 9.89. The zero-order chi connectivity index (χ0) is 16.8. The molecule has 2 heterocycles. The van der Waals surface area contributed by atoms with Crippen molar-refractivity contribution in [2.24, 2.45) is 7.05 Å². The number of carbonyl (C=O) groups is 1. The van der Waals surface area contributed by atoms with Crippen molar-refractivity contribution in [3.05, 3.63) is 46.2 Å². The minimum atomic E-state index is -0.351. The van der Waals surface area contributed by atoms with Crippen LogP contribution in [0, 0.1) is 0 Å². The molecule has 0 fully saturated rings. The number of nitrogens with one attached hydrogen (secondary N) is 1. The molecule has 0 saturated heterocycles. The molecule has 1 aromatic heterocycles. The molecular formula is C17H21BrClN3O2. The molecule has 1 amide bonds. The lowest BCUT2D eigenvalue weighted by Crippen LogP contribution is -2.41. The summed E-state index contributed by atoms with van der Waals surface area (Å²) in [6, 6.07) is 7.21. The third-order valence-corrected chi connectivity index (χ3v) is 4.43. The van der Waals surface area contributed by atoms with Crippen LogP contribution in [-0.4, -0.2) is 16.1 Å². The van der Waals surface area contributed by atoms with Crippen LogP contribution in [0.2, 0.25) is 0 Å². The number of nitrogens with zero attached hydrogens (tertiary/aromatic N) is 1. The molecule has 0 bridgehead atoms. The summed E-state index contributed by atoms with van der Waals surface area (Å²) < 4.78 is 8.67. The molecule has 1 aliphatic heterocycles. The second-order valence-corrected chi connectivity index (χ2v) is 7.46. The number of aryl methyl sites for hydroxylation is 1. The third kappa shape index (κ3) is 3.70. The Kier molecular flexibility index (Phi) is 5.20. The van der Waals surface area contributed by atoms with E-state index in [9.17, 15) is 4.79 Å². The first-order valence-electron chi connectivity index (χ1n) is 7.46. The van der Waals surface area contributed by atoms with Gasteiger partial charge in [0.1, 0.15) is 17.0 Å². The van der Waals surface area contributed by atoms with Crippen LogP contribution in [0.25, 0.3) is 0 Å². The van der Waals surface area contributed by atoms with Gasteiger partial charge in [0.05, 0.1) is 6.04 Å². The molecule has 3 N–H and O–H groups in total. The van der Waals surface area contributed by atoms with Crippen LogP contribution in [0.4, 0.5) is 5.69 Å². The zero-order valence-corrected chi connectivity index (χ0v) is 16.2. The van der Waals surface area contributed by atoms with E-state index in [1.807, 2.05) is 45.3 Å². The topological polar surface area (TPSA) is 69.3 Å². The number of anilines is 1. The standard InChI is InChI=1S/C17H20BrN3O2.ClH/c1-17(2)8-13(12-7-11(19)4-5-15(12)23-17)20-16(22)14-6-10(18)9-21(14)3;/h4-7,9,13H,8,19H2,1-3H3,(H,20,22);1H. The number of nitrogens with two attached hydrogens (primary N) is 1. The Morgan fingerprint density at radius 1 is 1.42 bits per heavy atom. The number of fused-ring (bicyclic) bond motifs is 1. The number of carbonyl (C=O) groups excluding carboxylic acids is 1. The number of halogens is 2. The molecule has 1 atom stereocenters. The number of hydrogen-bond acceptors (Lipinski definition) is 3. The van der Waals surface area contributed by atoms with E-state index in [1.54, 1.807) is 10.6 Å². The molecule has 1 aromatic carbocycles. The highest BCUT2D eigenvalue weighted by atomic mass is 79.9. The summed E-state index contributed by atoms with van der Waals surface area (Å²) in [4.78, 5) is 12.6. The summed E-state index contributed by atoms with van der Waals surface area (Å²) in [6.07, 6.45) is 2.54. The highest BCUT2D eigenvalue weighted by molar-refractivity contribution is 9.10. The average Bonchev–Trinajstić information content (AvgIpc) is 2.78. The minimum absolute atomic E-state index is 0. The normalized spacial score (nSPS) is 18.1. The van der Waals surface area contributed by atoms with Crippen LogP contribution in [0.3, 0.4) is 0 Å². The number of benzene rings is 1. The lowest BCUT2D eigenvalue weighted by molar-refractivity contribution is 0.0617. The number of rotatable bonds is 2. The minimum Gasteiger partial charge on any atom is -0.487 e. The molecule has 2 aromatic rings. The molecule has 0 spiro atoms. The van der Waals surface area contributed by atoms with Gasteiger partial charge in [-0.2, -0.15) is 0 Å². The quantitative estimate of drug-likeness (QED) is 0.734. The van der Waals surface area contributed by atoms with Crippen LogP contribution in [0.5, 0.6) is 5.75 Å². The van der Waals surface area contributed by atoms with Crippen molar-refractivity contribution in [3.63, 3.8) is 0 Å². The van der Waals surface area contributed by atoms with Gasteiger partial charge in [0.25, 0.3) is 5.91 Å². The van der Waals surface area contributed by atoms with Gasteiger partial charge >= 0.3 is 0 Å². The van der Waals surface area contributed by atoms with Gasteiger partial charge in [0.15, 0.2) is 0 Å². The smallest absolute Gasteiger partial charge is 0.268 e. The Morgan fingerprint density at radius 2 is 2.12 bits per heavy atom. The summed E-state index contributed by atoms with van der Waals surface area (Å²) in [6.45, 7) is 4.04. The predicted molar refractivity (Wildman–Crippen MR) is 101 cm³/mol. The van der Waals surface area contributed by atoms with Crippen molar-refractivity contribution < 1.29 is 9.53 Å². The fourth-order valence-corrected chi connectivity index (χ4v) is 3.51. The molecule has 0 saturated carbocycles. The SMILES string of the molecule is Cl.Cn1cc(Br)cc1C(=O)NC1CC(C)(C)Oc2ccc(N)cc21. The van der Waals surface area contributed by atoms with Gasteiger partial charge in [-0.15, -0.1) is 12.4 Å². The molecule has 0 aliphatic carbocycles. The van der Waals surface area contributed by atoms with Crippen molar-refractivity contribution in [2.45, 2.75) is 31.9 Å². The fraction of sp³-hybridized carbons (Fsp3) is 0.353. The zero-order valence-electron chi connectivity index (χ0n) is 13.8. The summed E-state index contributed by atoms with van der Waals surface area (Å²) in [7, 11) is 1.85. The predicted octanol–water partition coefficient (Wildman–Crippen LogP) is 3.82. The number of aromatic nitrogens is 1. The highest BCUT2D eigenvalue weighted by Crippen LogP contribution is 2.40. The van der Waals surface area contributed by atoms with E-state index in [0.717, 1.165) is 15.8 Å². The van der Waals surface area contributed by atoms with Crippen LogP contribution < -0.4 is 15.8 Å². The van der Waals surface area contributed by atoms with Crippen molar-refractivity contribution in [1.82, 2.24) is 9.88 Å². The molecule has 1 aliphatic rings. The number of amides is 1. The maximum Gasteiger partial charge on any atom is 0.268 e. The maximum atomic E-state index is 12.6. The highest BCUT2D eigenvalue weighted by Gasteiger charge is 2.35. The first-order chi connectivity index (χ1) is 10.7. The molecule has 7 heteroatoms. The Balaban J connectivity index is 0.00000208. The number of ether oxygens (including phenoxy) is 1. The largest absolute Gasteiger partial charge is 0.487 e. The van der Waals surface area contributed by atoms with Crippen molar-refractivity contribution in [3.8, 4) is 5.75 Å². The van der Waals surface area contributed by atoms with Gasteiger partial charge < -0.3 is 20.4 Å². The lowest BCUT2D eigenvalue weighted by Gasteiger charge is -2.38. The number of hydrogen-bond donors (Lipinski definition) is 2. The van der Waals surface area contributed by atoms with Crippen LogP contribution in [0.1, 0.15) is 42.4 Å². The van der Waals surface area contributed by atoms with Gasteiger partial charge in [-0.05, 0) is 54.0 Å². The molecule has 130 valence electrons. The summed E-state index contributed by atoms with van der Waals surface area (Å²) in [5.41, 5.74) is 7.74. The van der Waals surface area contributed by atoms with Gasteiger partial charge in [-0.1, -0.05) is 0 Å². The second-order valence-electron chi connectivity index (χ2n) is 6.54. The number of nitrogen functional groups attached to an aromatic ring is 1. The monoisotopic (exact) mass is 413 g/mol. The van der Waals surface area contributed by atoms with Crippen molar-refractivity contribution in [1.29, 1.82) is 0 Å². The summed E-state index contributed by atoms with van der Waals surface area (Å²) in [5.74, 6) is 0.656. The van der Waals surface area contributed by atoms with Crippen LogP contribution in [-0.2, 0) is 7.05 Å². The van der Waals surface area contributed by atoms with Crippen LogP contribution >= 0.6 is 28.3 Å². The second kappa shape index (κ2) is 6.69. The average molecular weight is 415 g/mol. The first-order valence-corrected chi connectivity index (χ1v) is 8.26. The van der Waals surface area contributed by atoms with Gasteiger partial charge in [-0.3, -0.25) is 4.79 Å². The van der Waals surface area contributed by atoms with E-state index in [0.29, 0.717) is 17.8 Å². The van der Waals surface area contributed by atoms with Gasteiger partial charge in [0.2, 0.25) is 0 Å². The van der Waals surface area contributed by atoms with E-state index in [-0.39, 0.29) is 30.0 Å². The fourth-order valence-electron chi connectivity index (χ4n) is 2.98. The van der Waals surface area contributed by atoms with Crippen molar-refractivity contribution in [2.75, 3.05) is 5.73 Å². The molecule has 24 heavy (non-hydrogen) atoms. The van der Waals surface area contributed by atoms with Crippen LogP contribution in [0.15, 0.2) is 34.9 Å². The molecule has 5 nitrogen and oxygen atoms in total. The van der Waals surface area contributed by atoms with E-state index in [4.69, 9.17) is 10.5 Å². The van der Waals surface area contributed by atoms with E-state index in [1.165, 1.54) is 0 Å². The maximum absolute atomic E-state index is 12.6. The molecule has 1 unspecified atom stereocenters. The summed E-state index contributed by atoms with van der Waals surface area (Å²) >= 11 is 3.39. The third-order valence-electron chi connectivity index (χ3n) is 4.00. The van der Waals surface area contributed by atoms with E-state index >= 15 is 0 Å². The Morgan fingerprint density at radius 3 is 2.75 bits per heavy atom. The Labute approximate surface area is 156 Å². The van der Waals surface area contributed by atoms with E-state index < -0.39 is 0 Å². The van der Waals surface area contributed by atoms with E-state index in [2.05, 4.69) is 21.2 Å². The Bertz CT molecular complexity index is 773. The molecule has 0 radical (unpaired) electrons. The summed E-state index contributed by atoms with van der Waals surface area (Å²) in [5, 5.41) is 3.11. The molecular weight excluding hydrogens is 394 g/mol. The molecule has 3 rings (SSSR count). The Hall–Kier alpha value is -1.66. The van der Waals surface area contributed by atoms with Gasteiger partial charge in [0, 0.05) is 35.4 Å².